The molecule has 0 saturated heterocycles. The van der Waals surface area contributed by atoms with Crippen LogP contribution in [0.5, 0.6) is 0 Å². The molecule has 4 aromatic rings. The molecule has 1 aromatic carbocycles. The average Bonchev–Trinajstić information content (AvgIpc) is 3.31. The third kappa shape index (κ3) is 2.59. The van der Waals surface area contributed by atoms with Crippen LogP contribution < -0.4 is 5.32 Å². The second-order valence-corrected chi connectivity index (χ2v) is 6.47. The lowest BCUT2D eigenvalue weighted by molar-refractivity contribution is 0.0951. The van der Waals surface area contributed by atoms with Crippen LogP contribution in [0.25, 0.3) is 16.0 Å². The zero-order valence-electron chi connectivity index (χ0n) is 13.0. The fraction of sp³-hybridized carbons (Fsp3) is 0.118. The Labute approximate surface area is 142 Å². The summed E-state index contributed by atoms with van der Waals surface area (Å²) in [4.78, 5) is 17.1. The molecule has 0 saturated carbocycles. The molecule has 24 heavy (non-hydrogen) atoms. The van der Waals surface area contributed by atoms with E-state index < -0.39 is 0 Å². The number of amides is 1. The Morgan fingerprint density at radius 2 is 2.00 bits per heavy atom. The molecule has 4 rings (SSSR count). The summed E-state index contributed by atoms with van der Waals surface area (Å²) in [6.07, 6.45) is 5.37. The minimum atomic E-state index is -0.161. The summed E-state index contributed by atoms with van der Waals surface area (Å²) in [5, 5.41) is 8.02. The third-order valence-electron chi connectivity index (χ3n) is 3.74. The number of nitrogens with zero attached hydrogens (tertiary/aromatic N) is 4. The lowest BCUT2D eigenvalue weighted by Gasteiger charge is -2.07. The monoisotopic (exact) mass is 337 g/mol. The van der Waals surface area contributed by atoms with Crippen molar-refractivity contribution in [2.75, 3.05) is 0 Å². The topological polar surface area (TPSA) is 64.7 Å². The molecule has 7 heteroatoms. The molecule has 0 aliphatic carbocycles. The Bertz CT molecular complexity index is 966. The maximum absolute atomic E-state index is 12.6. The van der Waals surface area contributed by atoms with Crippen LogP contribution in [0.4, 0.5) is 0 Å². The Balaban J connectivity index is 1.55. The van der Waals surface area contributed by atoms with Gasteiger partial charge in [0.2, 0.25) is 0 Å². The van der Waals surface area contributed by atoms with Crippen molar-refractivity contribution in [2.45, 2.75) is 6.54 Å². The van der Waals surface area contributed by atoms with E-state index in [4.69, 9.17) is 0 Å². The summed E-state index contributed by atoms with van der Waals surface area (Å²) >= 11 is 1.59. The van der Waals surface area contributed by atoms with E-state index in [0.717, 1.165) is 21.0 Å². The predicted octanol–water partition coefficient (Wildman–Crippen LogP) is 2.75. The molecule has 0 unspecified atom stereocenters. The molecule has 6 nitrogen and oxygen atoms in total. The molecule has 0 aliphatic rings. The number of fused-ring (bicyclic) bond motifs is 1. The van der Waals surface area contributed by atoms with Crippen molar-refractivity contribution in [1.29, 1.82) is 0 Å². The number of hydrogen-bond donors (Lipinski definition) is 1. The lowest BCUT2D eigenvalue weighted by Crippen LogP contribution is -2.23. The molecule has 0 spiro atoms. The molecule has 0 radical (unpaired) electrons. The summed E-state index contributed by atoms with van der Waals surface area (Å²) < 4.78 is 4.68. The molecule has 3 heterocycles. The second kappa shape index (κ2) is 5.93. The van der Waals surface area contributed by atoms with E-state index in [0.29, 0.717) is 12.1 Å². The van der Waals surface area contributed by atoms with Crippen molar-refractivity contribution in [3.63, 3.8) is 0 Å². The zero-order chi connectivity index (χ0) is 16.5. The summed E-state index contributed by atoms with van der Waals surface area (Å²) in [6.45, 7) is 0.401. The van der Waals surface area contributed by atoms with Gasteiger partial charge in [0.15, 0.2) is 0 Å². The third-order valence-corrected chi connectivity index (χ3v) is 4.78. The number of thiazole rings is 1. The minimum Gasteiger partial charge on any atom is -0.345 e. The van der Waals surface area contributed by atoms with Gasteiger partial charge >= 0.3 is 0 Å². The van der Waals surface area contributed by atoms with Crippen LogP contribution in [0.15, 0.2) is 55.0 Å². The highest BCUT2D eigenvalue weighted by molar-refractivity contribution is 7.18. The van der Waals surface area contributed by atoms with E-state index in [2.05, 4.69) is 15.4 Å². The molecule has 120 valence electrons. The normalized spacial score (nSPS) is 11.0. The smallest absolute Gasteiger partial charge is 0.257 e. The fourth-order valence-corrected chi connectivity index (χ4v) is 3.53. The van der Waals surface area contributed by atoms with Crippen molar-refractivity contribution in [3.05, 3.63) is 65.6 Å². The van der Waals surface area contributed by atoms with Gasteiger partial charge in [-0.15, -0.1) is 11.3 Å². The van der Waals surface area contributed by atoms with Gasteiger partial charge in [-0.1, -0.05) is 12.1 Å². The molecule has 1 amide bonds. The average molecular weight is 337 g/mol. The largest absolute Gasteiger partial charge is 0.345 e. The maximum atomic E-state index is 12.6. The van der Waals surface area contributed by atoms with Gasteiger partial charge in [0.25, 0.3) is 5.91 Å². The first kappa shape index (κ1) is 14.6. The molecule has 0 fully saturated rings. The highest BCUT2D eigenvalue weighted by Crippen LogP contribution is 2.21. The number of benzene rings is 1. The van der Waals surface area contributed by atoms with Gasteiger partial charge in [0.1, 0.15) is 16.4 Å². The van der Waals surface area contributed by atoms with E-state index in [9.17, 15) is 4.79 Å². The lowest BCUT2D eigenvalue weighted by atomic mass is 10.3. The van der Waals surface area contributed by atoms with Crippen molar-refractivity contribution in [2.24, 2.45) is 7.05 Å². The highest BCUT2D eigenvalue weighted by Gasteiger charge is 2.17. The van der Waals surface area contributed by atoms with Gasteiger partial charge in [-0.05, 0) is 24.3 Å². The van der Waals surface area contributed by atoms with Gasteiger partial charge in [0.05, 0.1) is 23.0 Å². The van der Waals surface area contributed by atoms with Crippen LogP contribution >= 0.6 is 11.3 Å². The molecule has 3 aromatic heterocycles. The standard InChI is InChI=1S/C17H15N5OS/c1-21-17(22-8-4-5-9-22)12(10-19-21)16(23)18-11-15-20-13-6-2-3-7-14(13)24-15/h2-10H,11H2,1H3,(H,18,23). The van der Waals surface area contributed by atoms with Crippen LogP contribution in [0, 0.1) is 0 Å². The first-order chi connectivity index (χ1) is 11.7. The number of carbonyl (C=O) groups excluding carboxylic acids is 1. The predicted molar refractivity (Wildman–Crippen MR) is 93.3 cm³/mol. The molecule has 0 aliphatic heterocycles. The van der Waals surface area contributed by atoms with Gasteiger partial charge in [-0.2, -0.15) is 5.10 Å². The fourth-order valence-electron chi connectivity index (χ4n) is 2.62. The van der Waals surface area contributed by atoms with E-state index in [1.54, 1.807) is 22.2 Å². The van der Waals surface area contributed by atoms with Gasteiger partial charge < -0.3 is 9.88 Å². The van der Waals surface area contributed by atoms with Crippen molar-refractivity contribution >= 4 is 27.5 Å². The number of rotatable bonds is 4. The van der Waals surface area contributed by atoms with Crippen molar-refractivity contribution in [1.82, 2.24) is 24.6 Å². The second-order valence-electron chi connectivity index (χ2n) is 5.35. The Morgan fingerprint density at radius 1 is 1.21 bits per heavy atom. The molecule has 0 bridgehead atoms. The first-order valence-electron chi connectivity index (χ1n) is 7.50. The van der Waals surface area contributed by atoms with E-state index in [1.165, 1.54) is 0 Å². The number of nitrogens with one attached hydrogen (secondary N) is 1. The number of aryl methyl sites for hydroxylation is 1. The quantitative estimate of drug-likeness (QED) is 0.623. The number of carbonyl (C=O) groups is 1. The maximum Gasteiger partial charge on any atom is 0.257 e. The summed E-state index contributed by atoms with van der Waals surface area (Å²) in [5.74, 6) is 0.577. The van der Waals surface area contributed by atoms with Crippen LogP contribution in [0.1, 0.15) is 15.4 Å². The van der Waals surface area contributed by atoms with E-state index in [1.807, 2.05) is 60.4 Å². The van der Waals surface area contributed by atoms with Crippen molar-refractivity contribution in [3.8, 4) is 5.82 Å². The SMILES string of the molecule is Cn1ncc(C(=O)NCc2nc3ccccc3s2)c1-n1cccc1. The van der Waals surface area contributed by atoms with Gasteiger partial charge in [-0.25, -0.2) is 4.98 Å². The first-order valence-corrected chi connectivity index (χ1v) is 8.32. The minimum absolute atomic E-state index is 0.161. The number of para-hydroxylation sites is 1. The van der Waals surface area contributed by atoms with Crippen molar-refractivity contribution < 1.29 is 4.79 Å². The molecule has 1 N–H and O–H groups in total. The molecular weight excluding hydrogens is 322 g/mol. The van der Waals surface area contributed by atoms with Crippen LogP contribution in [0.3, 0.4) is 0 Å². The Morgan fingerprint density at radius 3 is 2.79 bits per heavy atom. The van der Waals surface area contributed by atoms with Gasteiger partial charge in [-0.3, -0.25) is 9.48 Å². The van der Waals surface area contributed by atoms with E-state index >= 15 is 0 Å². The number of aromatic nitrogens is 4. The zero-order valence-corrected chi connectivity index (χ0v) is 13.8. The van der Waals surface area contributed by atoms with E-state index in [-0.39, 0.29) is 5.91 Å². The highest BCUT2D eigenvalue weighted by atomic mass is 32.1. The van der Waals surface area contributed by atoms with Gasteiger partial charge in [0, 0.05) is 19.4 Å². The summed E-state index contributed by atoms with van der Waals surface area (Å²) in [7, 11) is 1.82. The van der Waals surface area contributed by atoms with Crippen LogP contribution in [0.2, 0.25) is 0 Å². The van der Waals surface area contributed by atoms with Crippen LogP contribution in [-0.4, -0.2) is 25.2 Å². The molecular formula is C17H15N5OS. The number of hydrogen-bond acceptors (Lipinski definition) is 4. The summed E-state index contributed by atoms with van der Waals surface area (Å²) in [5.41, 5.74) is 1.50. The summed E-state index contributed by atoms with van der Waals surface area (Å²) in [6, 6.07) is 11.8. The Hall–Kier alpha value is -2.93. The Kier molecular flexibility index (Phi) is 3.62. The molecule has 0 atom stereocenters. The van der Waals surface area contributed by atoms with Crippen LogP contribution in [-0.2, 0) is 13.6 Å².